The molecule has 4 saturated carbocycles. The number of rotatable bonds is 2. The van der Waals surface area contributed by atoms with Crippen LogP contribution in [0.1, 0.15) is 38.5 Å². The molecule has 0 amide bonds. The molecule has 0 aromatic rings. The lowest BCUT2D eigenvalue weighted by Gasteiger charge is -2.61. The van der Waals surface area contributed by atoms with Gasteiger partial charge in [-0.25, -0.2) is 0 Å². The van der Waals surface area contributed by atoms with E-state index < -0.39 is 8.32 Å². The minimum atomic E-state index is -1.43. The molecule has 4 aliphatic carbocycles. The first-order valence-electron chi connectivity index (χ1n) is 6.60. The lowest BCUT2D eigenvalue weighted by atomic mass is 9.56. The molecule has 0 saturated heterocycles. The van der Waals surface area contributed by atoms with Crippen LogP contribution in [0.15, 0.2) is 0 Å². The molecule has 4 fully saturated rings. The molecule has 0 aromatic carbocycles. The van der Waals surface area contributed by atoms with Crippen molar-refractivity contribution in [2.75, 3.05) is 7.11 Å². The van der Waals surface area contributed by atoms with Crippen molar-refractivity contribution < 1.29 is 4.43 Å². The summed E-state index contributed by atoms with van der Waals surface area (Å²) in [5.41, 5.74) is 0. The van der Waals surface area contributed by atoms with Gasteiger partial charge in [0.2, 0.25) is 0 Å². The first-order valence-corrected chi connectivity index (χ1v) is 9.51. The highest BCUT2D eigenvalue weighted by Gasteiger charge is 2.58. The molecule has 86 valence electrons. The van der Waals surface area contributed by atoms with Gasteiger partial charge in [0.1, 0.15) is 0 Å². The van der Waals surface area contributed by atoms with Crippen LogP contribution in [0.3, 0.4) is 0 Å². The van der Waals surface area contributed by atoms with Crippen LogP contribution in [0.5, 0.6) is 0 Å². The normalized spacial score (nSPS) is 48.6. The predicted octanol–water partition coefficient (Wildman–Crippen LogP) is 3.81. The molecule has 4 bridgehead atoms. The van der Waals surface area contributed by atoms with Crippen molar-refractivity contribution in [2.24, 2.45) is 17.8 Å². The van der Waals surface area contributed by atoms with Gasteiger partial charge in [0, 0.05) is 7.11 Å². The average molecular weight is 224 g/mol. The zero-order chi connectivity index (χ0) is 10.7. The van der Waals surface area contributed by atoms with E-state index in [0.29, 0.717) is 5.04 Å². The second-order valence-electron chi connectivity index (χ2n) is 6.91. The van der Waals surface area contributed by atoms with Crippen molar-refractivity contribution in [2.45, 2.75) is 56.7 Å². The lowest BCUT2D eigenvalue weighted by Crippen LogP contribution is -2.55. The number of hydrogen-bond donors (Lipinski definition) is 0. The van der Waals surface area contributed by atoms with E-state index in [0.717, 1.165) is 17.8 Å². The summed E-state index contributed by atoms with van der Waals surface area (Å²) in [6, 6.07) is 0. The van der Waals surface area contributed by atoms with Gasteiger partial charge in [-0.3, -0.25) is 0 Å². The Bertz CT molecular complexity index is 236. The van der Waals surface area contributed by atoms with Gasteiger partial charge in [0.05, 0.1) is 0 Å². The summed E-state index contributed by atoms with van der Waals surface area (Å²) in [5.74, 6) is 3.20. The smallest absolute Gasteiger partial charge is 0.192 e. The molecule has 4 aliphatic rings. The molecule has 0 spiro atoms. The minimum Gasteiger partial charge on any atom is -0.420 e. The third kappa shape index (κ3) is 1.37. The van der Waals surface area contributed by atoms with Crippen LogP contribution in [-0.2, 0) is 4.43 Å². The van der Waals surface area contributed by atoms with Gasteiger partial charge in [-0.05, 0) is 74.4 Å². The van der Waals surface area contributed by atoms with E-state index in [1.807, 2.05) is 7.11 Å². The molecule has 0 radical (unpaired) electrons. The molecule has 1 nitrogen and oxygen atoms in total. The molecule has 0 N–H and O–H groups in total. The van der Waals surface area contributed by atoms with Crippen LogP contribution in [-0.4, -0.2) is 15.4 Å². The third-order valence-electron chi connectivity index (χ3n) is 5.83. The summed E-state index contributed by atoms with van der Waals surface area (Å²) in [5, 5.41) is 0.663. The Hall–Kier alpha value is 0.177. The summed E-state index contributed by atoms with van der Waals surface area (Å²) >= 11 is 0. The maximum atomic E-state index is 5.96. The van der Waals surface area contributed by atoms with Gasteiger partial charge in [0.25, 0.3) is 0 Å². The standard InChI is InChI=1S/C13H24OSi/c1-14-15(2,3)13-7-10-4-11(8-13)6-12(5-10)9-13/h10-12H,4-9H2,1-3H3. The van der Waals surface area contributed by atoms with E-state index in [-0.39, 0.29) is 0 Å². The molecular weight excluding hydrogens is 200 g/mol. The van der Waals surface area contributed by atoms with E-state index in [4.69, 9.17) is 4.43 Å². The number of hydrogen-bond acceptors (Lipinski definition) is 1. The Morgan fingerprint density at radius 3 is 1.67 bits per heavy atom. The van der Waals surface area contributed by atoms with Crippen LogP contribution < -0.4 is 0 Å². The summed E-state index contributed by atoms with van der Waals surface area (Å²) < 4.78 is 5.96. The molecule has 4 rings (SSSR count). The van der Waals surface area contributed by atoms with E-state index >= 15 is 0 Å². The maximum Gasteiger partial charge on any atom is 0.192 e. The highest BCUT2D eigenvalue weighted by atomic mass is 28.4. The van der Waals surface area contributed by atoms with Crippen molar-refractivity contribution in [1.82, 2.24) is 0 Å². The zero-order valence-electron chi connectivity index (χ0n) is 10.4. The fourth-order valence-corrected chi connectivity index (χ4v) is 7.84. The van der Waals surface area contributed by atoms with Gasteiger partial charge in [-0.2, -0.15) is 0 Å². The van der Waals surface area contributed by atoms with E-state index in [9.17, 15) is 0 Å². The first-order chi connectivity index (χ1) is 7.05. The van der Waals surface area contributed by atoms with Crippen molar-refractivity contribution in [3.8, 4) is 0 Å². The summed E-state index contributed by atoms with van der Waals surface area (Å²) in [4.78, 5) is 0. The fraction of sp³-hybridized carbons (Fsp3) is 1.00. The zero-order valence-corrected chi connectivity index (χ0v) is 11.4. The van der Waals surface area contributed by atoms with Gasteiger partial charge in [0.15, 0.2) is 8.32 Å². The summed E-state index contributed by atoms with van der Waals surface area (Å²) in [6.45, 7) is 4.92. The Balaban J connectivity index is 1.93. The monoisotopic (exact) mass is 224 g/mol. The Morgan fingerprint density at radius 2 is 1.33 bits per heavy atom. The van der Waals surface area contributed by atoms with Gasteiger partial charge in [-0.15, -0.1) is 0 Å². The van der Waals surface area contributed by atoms with Gasteiger partial charge < -0.3 is 4.43 Å². The van der Waals surface area contributed by atoms with E-state index in [1.165, 1.54) is 19.3 Å². The molecular formula is C13H24OSi. The van der Waals surface area contributed by atoms with Gasteiger partial charge >= 0.3 is 0 Å². The largest absolute Gasteiger partial charge is 0.420 e. The average Bonchev–Trinajstić information content (AvgIpc) is 2.15. The van der Waals surface area contributed by atoms with Crippen molar-refractivity contribution in [3.05, 3.63) is 0 Å². The lowest BCUT2D eigenvalue weighted by molar-refractivity contribution is 0.0172. The molecule has 0 aromatic heterocycles. The third-order valence-corrected chi connectivity index (χ3v) is 10.0. The van der Waals surface area contributed by atoms with Crippen LogP contribution in [0.2, 0.25) is 18.1 Å². The fourth-order valence-electron chi connectivity index (χ4n) is 5.06. The van der Waals surface area contributed by atoms with Crippen LogP contribution >= 0.6 is 0 Å². The van der Waals surface area contributed by atoms with Crippen LogP contribution in [0.25, 0.3) is 0 Å². The molecule has 0 aliphatic heterocycles. The maximum absolute atomic E-state index is 5.96. The topological polar surface area (TPSA) is 9.23 Å². The summed E-state index contributed by atoms with van der Waals surface area (Å²) in [7, 11) is 0.534. The van der Waals surface area contributed by atoms with Crippen molar-refractivity contribution >= 4 is 8.32 Å². The highest BCUT2D eigenvalue weighted by Crippen LogP contribution is 2.67. The highest BCUT2D eigenvalue weighted by molar-refractivity contribution is 6.74. The molecule has 0 atom stereocenters. The molecule has 0 heterocycles. The Morgan fingerprint density at radius 1 is 0.933 bits per heavy atom. The van der Waals surface area contributed by atoms with Crippen LogP contribution in [0, 0.1) is 17.8 Å². The molecule has 2 heteroatoms. The van der Waals surface area contributed by atoms with E-state index in [1.54, 1.807) is 19.3 Å². The summed E-state index contributed by atoms with van der Waals surface area (Å²) in [6.07, 6.45) is 9.17. The molecule has 15 heavy (non-hydrogen) atoms. The Labute approximate surface area is 94.7 Å². The Kier molecular flexibility index (Phi) is 2.14. The predicted molar refractivity (Wildman–Crippen MR) is 65.4 cm³/mol. The first kappa shape index (κ1) is 10.3. The second kappa shape index (κ2) is 3.10. The van der Waals surface area contributed by atoms with Gasteiger partial charge in [-0.1, -0.05) is 0 Å². The van der Waals surface area contributed by atoms with E-state index in [2.05, 4.69) is 13.1 Å². The van der Waals surface area contributed by atoms with Crippen LogP contribution in [0.4, 0.5) is 0 Å². The minimum absolute atomic E-state index is 0.663. The van der Waals surface area contributed by atoms with Crippen molar-refractivity contribution in [3.63, 3.8) is 0 Å². The van der Waals surface area contributed by atoms with Crippen molar-refractivity contribution in [1.29, 1.82) is 0 Å². The quantitative estimate of drug-likeness (QED) is 0.648. The SMILES string of the molecule is CO[Si](C)(C)C12CC3CC(CC(C3)C1)C2. The second-order valence-corrected chi connectivity index (χ2v) is 11.4. The molecule has 0 unspecified atom stereocenters.